The van der Waals surface area contributed by atoms with Gasteiger partial charge in [-0.1, -0.05) is 6.07 Å². The van der Waals surface area contributed by atoms with Crippen LogP contribution in [-0.4, -0.2) is 22.8 Å². The van der Waals surface area contributed by atoms with E-state index in [0.29, 0.717) is 16.9 Å². The topological polar surface area (TPSA) is 46.3 Å². The number of furan rings is 1. The molecule has 0 radical (unpaired) electrons. The summed E-state index contributed by atoms with van der Waals surface area (Å²) < 4.78 is 6.00. The molecule has 0 aliphatic rings. The molecule has 0 aliphatic heterocycles. The summed E-state index contributed by atoms with van der Waals surface area (Å²) >= 11 is 3.22. The van der Waals surface area contributed by atoms with Gasteiger partial charge >= 0.3 is 0 Å². The van der Waals surface area contributed by atoms with Crippen LogP contribution in [0.15, 0.2) is 45.6 Å². The van der Waals surface area contributed by atoms with Crippen molar-refractivity contribution in [3.05, 3.63) is 52.7 Å². The van der Waals surface area contributed by atoms with Gasteiger partial charge in [-0.2, -0.15) is 0 Å². The zero-order valence-corrected chi connectivity index (χ0v) is 10.8. The Kier molecular flexibility index (Phi) is 3.58. The van der Waals surface area contributed by atoms with Crippen LogP contribution in [0.5, 0.6) is 0 Å². The lowest BCUT2D eigenvalue weighted by atomic mass is 10.3. The molecule has 0 unspecified atom stereocenters. The molecule has 0 bridgehead atoms. The lowest BCUT2D eigenvalue weighted by Gasteiger charge is -2.14. The lowest BCUT2D eigenvalue weighted by molar-refractivity contribution is 0.0769. The van der Waals surface area contributed by atoms with Gasteiger partial charge in [0, 0.05) is 13.2 Å². The summed E-state index contributed by atoms with van der Waals surface area (Å²) in [6.07, 6.45) is 1.60. The van der Waals surface area contributed by atoms with Crippen molar-refractivity contribution < 1.29 is 9.21 Å². The molecule has 0 spiro atoms. The van der Waals surface area contributed by atoms with E-state index in [0.717, 1.165) is 5.76 Å². The van der Waals surface area contributed by atoms with Crippen LogP contribution in [0.1, 0.15) is 16.2 Å². The molecule has 0 saturated carbocycles. The van der Waals surface area contributed by atoms with Crippen LogP contribution < -0.4 is 0 Å². The zero-order chi connectivity index (χ0) is 12.3. The minimum Gasteiger partial charge on any atom is -0.452 e. The quantitative estimate of drug-likeness (QED) is 0.874. The number of carbonyl (C=O) groups is 1. The van der Waals surface area contributed by atoms with E-state index in [2.05, 4.69) is 20.9 Å². The third kappa shape index (κ3) is 2.94. The highest BCUT2D eigenvalue weighted by Crippen LogP contribution is 2.15. The molecular weight excluding hydrogens is 284 g/mol. The average Bonchev–Trinajstić information content (AvgIpc) is 2.75. The summed E-state index contributed by atoms with van der Waals surface area (Å²) in [7, 11) is 1.72. The van der Waals surface area contributed by atoms with E-state index in [9.17, 15) is 4.79 Å². The van der Waals surface area contributed by atoms with Gasteiger partial charge < -0.3 is 9.32 Å². The van der Waals surface area contributed by atoms with Gasteiger partial charge in [-0.25, -0.2) is 0 Å². The maximum atomic E-state index is 12.0. The van der Waals surface area contributed by atoms with Gasteiger partial charge in [-0.15, -0.1) is 0 Å². The first-order valence-corrected chi connectivity index (χ1v) is 5.87. The molecule has 0 aliphatic carbocycles. The molecule has 0 atom stereocenters. The molecule has 0 saturated heterocycles. The Labute approximate surface area is 107 Å². The molecule has 0 fully saturated rings. The molecule has 2 rings (SSSR count). The zero-order valence-electron chi connectivity index (χ0n) is 9.26. The second-order valence-corrected chi connectivity index (χ2v) is 4.36. The monoisotopic (exact) mass is 294 g/mol. The third-order valence-electron chi connectivity index (χ3n) is 2.25. The van der Waals surface area contributed by atoms with E-state index in [4.69, 9.17) is 4.42 Å². The molecule has 88 valence electrons. The van der Waals surface area contributed by atoms with E-state index < -0.39 is 0 Å². The van der Waals surface area contributed by atoms with E-state index in [1.807, 2.05) is 6.07 Å². The maximum absolute atomic E-state index is 12.0. The number of amides is 1. The van der Waals surface area contributed by atoms with Gasteiger partial charge in [0.2, 0.25) is 0 Å². The van der Waals surface area contributed by atoms with Gasteiger partial charge in [-0.3, -0.25) is 9.78 Å². The van der Waals surface area contributed by atoms with Gasteiger partial charge in [0.15, 0.2) is 4.67 Å². The van der Waals surface area contributed by atoms with Crippen LogP contribution in [-0.2, 0) is 6.54 Å². The van der Waals surface area contributed by atoms with Crippen LogP contribution in [0.4, 0.5) is 0 Å². The second-order valence-electron chi connectivity index (χ2n) is 3.58. The fourth-order valence-electron chi connectivity index (χ4n) is 1.43. The summed E-state index contributed by atoms with van der Waals surface area (Å²) in [4.78, 5) is 17.5. The van der Waals surface area contributed by atoms with Crippen LogP contribution in [0, 0.1) is 0 Å². The Morgan fingerprint density at radius 2 is 2.24 bits per heavy atom. The van der Waals surface area contributed by atoms with Crippen molar-refractivity contribution in [2.75, 3.05) is 7.05 Å². The summed E-state index contributed by atoms with van der Waals surface area (Å²) in [5.41, 5.74) is 0.431. The smallest absolute Gasteiger partial charge is 0.272 e. The predicted molar refractivity (Wildman–Crippen MR) is 66.4 cm³/mol. The molecule has 4 nitrogen and oxygen atoms in total. The van der Waals surface area contributed by atoms with Crippen molar-refractivity contribution in [3.63, 3.8) is 0 Å². The Morgan fingerprint density at radius 1 is 1.41 bits per heavy atom. The molecule has 2 aromatic heterocycles. The second kappa shape index (κ2) is 5.14. The Bertz CT molecular complexity index is 510. The number of aromatic nitrogens is 1. The van der Waals surface area contributed by atoms with E-state index >= 15 is 0 Å². The van der Waals surface area contributed by atoms with Gasteiger partial charge in [0.25, 0.3) is 5.91 Å². The molecule has 5 heteroatoms. The van der Waals surface area contributed by atoms with Crippen molar-refractivity contribution in [2.24, 2.45) is 0 Å². The molecular formula is C12H11BrN2O2. The fraction of sp³-hybridized carbons (Fsp3) is 0.167. The number of halogens is 1. The van der Waals surface area contributed by atoms with Crippen molar-refractivity contribution in [1.29, 1.82) is 0 Å². The molecule has 0 N–H and O–H groups in total. The lowest BCUT2D eigenvalue weighted by Crippen LogP contribution is -2.26. The highest BCUT2D eigenvalue weighted by Gasteiger charge is 2.14. The Morgan fingerprint density at radius 3 is 2.82 bits per heavy atom. The van der Waals surface area contributed by atoms with Crippen molar-refractivity contribution in [3.8, 4) is 0 Å². The largest absolute Gasteiger partial charge is 0.452 e. The summed E-state index contributed by atoms with van der Waals surface area (Å²) in [6, 6.07) is 8.88. The fourth-order valence-corrected chi connectivity index (χ4v) is 1.77. The van der Waals surface area contributed by atoms with Crippen LogP contribution in [0.3, 0.4) is 0 Å². The summed E-state index contributed by atoms with van der Waals surface area (Å²) in [5.74, 6) is 0.599. The van der Waals surface area contributed by atoms with Crippen LogP contribution >= 0.6 is 15.9 Å². The molecule has 17 heavy (non-hydrogen) atoms. The number of hydrogen-bond acceptors (Lipinski definition) is 3. The predicted octanol–water partition coefficient (Wildman–Crippen LogP) is 2.71. The maximum Gasteiger partial charge on any atom is 0.272 e. The first-order valence-electron chi connectivity index (χ1n) is 5.07. The molecule has 1 amide bonds. The summed E-state index contributed by atoms with van der Waals surface area (Å²) in [6.45, 7) is 0.418. The minimum atomic E-state index is -0.127. The van der Waals surface area contributed by atoms with Gasteiger partial charge in [0.1, 0.15) is 11.5 Å². The standard InChI is InChI=1S/C12H11BrN2O2/c1-15(8-9-5-6-11(13)17-9)12(16)10-4-2-3-7-14-10/h2-7H,8H2,1H3. The van der Waals surface area contributed by atoms with Crippen molar-refractivity contribution in [2.45, 2.75) is 6.54 Å². The number of nitrogens with zero attached hydrogens (tertiary/aromatic N) is 2. The van der Waals surface area contributed by atoms with Gasteiger partial charge in [0.05, 0.1) is 6.54 Å². The first-order chi connectivity index (χ1) is 8.16. The molecule has 2 aromatic rings. The third-order valence-corrected chi connectivity index (χ3v) is 2.68. The van der Waals surface area contributed by atoms with E-state index in [1.54, 1.807) is 42.4 Å². The van der Waals surface area contributed by atoms with Crippen LogP contribution in [0.25, 0.3) is 0 Å². The number of rotatable bonds is 3. The highest BCUT2D eigenvalue weighted by molar-refractivity contribution is 9.10. The first kappa shape index (κ1) is 11.9. The highest BCUT2D eigenvalue weighted by atomic mass is 79.9. The van der Waals surface area contributed by atoms with Gasteiger partial charge in [-0.05, 0) is 40.2 Å². The van der Waals surface area contributed by atoms with E-state index in [-0.39, 0.29) is 5.91 Å². The molecule has 2 heterocycles. The van der Waals surface area contributed by atoms with E-state index in [1.165, 1.54) is 0 Å². The number of carbonyl (C=O) groups excluding carboxylic acids is 1. The molecule has 0 aromatic carbocycles. The average molecular weight is 295 g/mol. The normalized spacial score (nSPS) is 10.2. The summed E-state index contributed by atoms with van der Waals surface area (Å²) in [5, 5.41) is 0. The Hall–Kier alpha value is -1.62. The van der Waals surface area contributed by atoms with Crippen molar-refractivity contribution in [1.82, 2.24) is 9.88 Å². The van der Waals surface area contributed by atoms with Crippen molar-refractivity contribution >= 4 is 21.8 Å². The Balaban J connectivity index is 2.06. The number of hydrogen-bond donors (Lipinski definition) is 0. The number of pyridine rings is 1. The SMILES string of the molecule is CN(Cc1ccc(Br)o1)C(=O)c1ccccn1. The van der Waals surface area contributed by atoms with Crippen LogP contribution in [0.2, 0.25) is 0 Å². The minimum absolute atomic E-state index is 0.127.